The van der Waals surface area contributed by atoms with Gasteiger partial charge in [0.25, 0.3) is 0 Å². The normalized spacial score (nSPS) is 13.9. The number of nitrogens with zero attached hydrogens (tertiary/aromatic N) is 1. The number of hydrogen-bond acceptors (Lipinski definition) is 7. The largest absolute Gasteiger partial charge is 0.544 e. The smallest absolute Gasteiger partial charge is 0.306 e. The van der Waals surface area contributed by atoms with Crippen LogP contribution in [0.25, 0.3) is 0 Å². The molecular weight excluding hydrogens is 666 g/mol. The molecule has 300 valence electrons. The number of hydrogen-bond donors (Lipinski definition) is 0. The molecule has 0 aromatic heterocycles. The Kier molecular flexibility index (Phi) is 33.2. The zero-order valence-corrected chi connectivity index (χ0v) is 33.9. The SMILES string of the molecule is CC/C=C/C=C/C=C/C=C/CCCCCC(=O)OC(COCCC(C(=O)[O-])[N+](C)(C)C)COC(=O)CCCCCCCC/C=C/C/C=C/C/C=C/CC. The van der Waals surface area contributed by atoms with Crippen LogP contribution in [0.2, 0.25) is 0 Å². The van der Waals surface area contributed by atoms with Crippen LogP contribution in [0.3, 0.4) is 0 Å². The molecule has 0 radical (unpaired) electrons. The van der Waals surface area contributed by atoms with E-state index in [9.17, 15) is 19.5 Å². The molecule has 0 rings (SSSR count). The molecule has 0 aromatic carbocycles. The molecule has 0 aliphatic carbocycles. The number of carbonyl (C=O) groups is 3. The van der Waals surface area contributed by atoms with Crippen LogP contribution >= 0.6 is 0 Å². The van der Waals surface area contributed by atoms with Gasteiger partial charge in [-0.05, 0) is 64.2 Å². The molecule has 0 heterocycles. The second-order valence-electron chi connectivity index (χ2n) is 14.2. The van der Waals surface area contributed by atoms with Crippen molar-refractivity contribution >= 4 is 17.9 Å². The van der Waals surface area contributed by atoms with Crippen molar-refractivity contribution in [2.75, 3.05) is 41.0 Å². The Labute approximate surface area is 323 Å². The van der Waals surface area contributed by atoms with Crippen molar-refractivity contribution in [1.82, 2.24) is 0 Å². The van der Waals surface area contributed by atoms with E-state index in [1.54, 1.807) is 21.1 Å². The quantitative estimate of drug-likeness (QED) is 0.0213. The maximum Gasteiger partial charge on any atom is 0.306 e. The third kappa shape index (κ3) is 34.1. The number of rotatable bonds is 34. The summed E-state index contributed by atoms with van der Waals surface area (Å²) in [6, 6.07) is -0.739. The first kappa shape index (κ1) is 49.5. The first-order valence-corrected chi connectivity index (χ1v) is 20.2. The number of unbranched alkanes of at least 4 members (excludes halogenated alkanes) is 9. The van der Waals surface area contributed by atoms with Crippen LogP contribution < -0.4 is 5.11 Å². The van der Waals surface area contributed by atoms with Crippen molar-refractivity contribution in [1.29, 1.82) is 0 Å². The van der Waals surface area contributed by atoms with Crippen LogP contribution in [0.1, 0.15) is 129 Å². The van der Waals surface area contributed by atoms with Gasteiger partial charge in [0.15, 0.2) is 6.10 Å². The average Bonchev–Trinajstić information content (AvgIpc) is 3.11. The predicted octanol–water partition coefficient (Wildman–Crippen LogP) is 9.24. The Hall–Kier alpha value is -3.49. The lowest BCUT2D eigenvalue weighted by molar-refractivity contribution is -0.889. The van der Waals surface area contributed by atoms with Gasteiger partial charge >= 0.3 is 11.9 Å². The molecular formula is C45H73NO7. The maximum atomic E-state index is 12.6. The van der Waals surface area contributed by atoms with E-state index >= 15 is 0 Å². The van der Waals surface area contributed by atoms with Gasteiger partial charge in [-0.25, -0.2) is 0 Å². The average molecular weight is 740 g/mol. The van der Waals surface area contributed by atoms with E-state index in [1.807, 2.05) is 36.5 Å². The third-order valence-corrected chi connectivity index (χ3v) is 8.37. The fourth-order valence-electron chi connectivity index (χ4n) is 5.27. The van der Waals surface area contributed by atoms with Gasteiger partial charge in [-0.15, -0.1) is 0 Å². The molecule has 2 unspecified atom stereocenters. The Balaban J connectivity index is 4.48. The molecule has 0 bridgehead atoms. The van der Waals surface area contributed by atoms with E-state index in [2.05, 4.69) is 62.5 Å². The zero-order valence-electron chi connectivity index (χ0n) is 33.9. The molecule has 0 aliphatic heterocycles. The Morgan fingerprint density at radius 3 is 1.72 bits per heavy atom. The van der Waals surface area contributed by atoms with Gasteiger partial charge in [0, 0.05) is 19.3 Å². The molecule has 0 N–H and O–H groups in total. The highest BCUT2D eigenvalue weighted by Gasteiger charge is 2.25. The van der Waals surface area contributed by atoms with Gasteiger partial charge in [0.05, 0.1) is 40.3 Å². The second-order valence-corrected chi connectivity index (χ2v) is 14.2. The summed E-state index contributed by atoms with van der Waals surface area (Å²) in [5, 5.41) is 11.6. The van der Waals surface area contributed by atoms with Crippen LogP contribution in [0.15, 0.2) is 85.1 Å². The molecule has 8 nitrogen and oxygen atoms in total. The molecule has 0 aromatic rings. The fraction of sp³-hybridized carbons (Fsp3) is 0.622. The van der Waals surface area contributed by atoms with E-state index < -0.39 is 18.1 Å². The van der Waals surface area contributed by atoms with Crippen molar-refractivity contribution in [2.45, 2.75) is 142 Å². The van der Waals surface area contributed by atoms with Gasteiger partial charge in [0.1, 0.15) is 12.6 Å². The van der Waals surface area contributed by atoms with Crippen LogP contribution in [0.5, 0.6) is 0 Å². The minimum absolute atomic E-state index is 0.0147. The Bertz CT molecular complexity index is 1140. The van der Waals surface area contributed by atoms with Gasteiger partial charge in [0.2, 0.25) is 0 Å². The Morgan fingerprint density at radius 2 is 1.09 bits per heavy atom. The van der Waals surface area contributed by atoms with E-state index in [-0.39, 0.29) is 49.1 Å². The summed E-state index contributed by atoms with van der Waals surface area (Å²) in [5.74, 6) is -1.82. The van der Waals surface area contributed by atoms with Gasteiger partial charge in [-0.2, -0.15) is 0 Å². The molecule has 8 heteroatoms. The van der Waals surface area contributed by atoms with Crippen LogP contribution in [0.4, 0.5) is 0 Å². The van der Waals surface area contributed by atoms with Gasteiger partial charge in [-0.3, -0.25) is 9.59 Å². The number of ether oxygens (including phenoxy) is 3. The fourth-order valence-corrected chi connectivity index (χ4v) is 5.27. The number of carbonyl (C=O) groups excluding carboxylic acids is 3. The van der Waals surface area contributed by atoms with E-state index in [0.29, 0.717) is 12.8 Å². The molecule has 2 atom stereocenters. The standard InChI is InChI=1S/C45H73NO7/c1-6-8-10-12-14-16-18-20-21-22-24-25-27-29-31-33-35-43(47)52-40-41(39-51-38-37-42(45(49)50)46(3,4)5)53-44(48)36-34-32-30-28-26-23-19-17-15-13-11-9-7-2/h8-11,13-17,19-21,23,26,41-42H,6-7,12,18,22,24-25,27-40H2,1-5H3/b10-8+,11-9+,15-13+,16-14+,19-17+,21-20+,26-23+. The first-order chi connectivity index (χ1) is 25.6. The minimum atomic E-state index is -1.14. The number of aliphatic carboxylic acids is 1. The van der Waals surface area contributed by atoms with Crippen LogP contribution in [-0.2, 0) is 28.6 Å². The van der Waals surface area contributed by atoms with E-state index in [0.717, 1.165) is 77.0 Å². The number of quaternary nitrogens is 1. The van der Waals surface area contributed by atoms with Crippen molar-refractivity contribution in [3.8, 4) is 0 Å². The molecule has 0 saturated carbocycles. The number of allylic oxidation sites excluding steroid dienone is 14. The summed E-state index contributed by atoms with van der Waals surface area (Å²) in [7, 11) is 5.37. The lowest BCUT2D eigenvalue weighted by Crippen LogP contribution is -2.55. The molecule has 0 spiro atoms. The first-order valence-electron chi connectivity index (χ1n) is 20.2. The number of esters is 2. The van der Waals surface area contributed by atoms with Crippen LogP contribution in [0, 0.1) is 0 Å². The second kappa shape index (κ2) is 35.5. The Morgan fingerprint density at radius 1 is 0.585 bits per heavy atom. The van der Waals surface area contributed by atoms with Crippen molar-refractivity contribution in [3.63, 3.8) is 0 Å². The highest BCUT2D eigenvalue weighted by atomic mass is 16.6. The summed E-state index contributed by atoms with van der Waals surface area (Å²) < 4.78 is 17.1. The molecule has 0 saturated heterocycles. The van der Waals surface area contributed by atoms with E-state index in [1.165, 1.54) is 12.8 Å². The monoisotopic (exact) mass is 740 g/mol. The highest BCUT2D eigenvalue weighted by molar-refractivity contribution is 5.70. The zero-order chi connectivity index (χ0) is 39.3. The van der Waals surface area contributed by atoms with Crippen molar-refractivity contribution in [3.05, 3.63) is 85.1 Å². The summed E-state index contributed by atoms with van der Waals surface area (Å²) in [6.45, 7) is 4.32. The van der Waals surface area contributed by atoms with Gasteiger partial charge < -0.3 is 28.6 Å². The summed E-state index contributed by atoms with van der Waals surface area (Å²) in [6.07, 6.45) is 44.7. The summed E-state index contributed by atoms with van der Waals surface area (Å²) in [5.41, 5.74) is 0. The topological polar surface area (TPSA) is 102 Å². The highest BCUT2D eigenvalue weighted by Crippen LogP contribution is 2.12. The van der Waals surface area contributed by atoms with E-state index in [4.69, 9.17) is 14.2 Å². The lowest BCUT2D eigenvalue weighted by Gasteiger charge is -2.34. The number of carboxylic acids is 1. The molecule has 0 fully saturated rings. The van der Waals surface area contributed by atoms with Gasteiger partial charge in [-0.1, -0.05) is 131 Å². The third-order valence-electron chi connectivity index (χ3n) is 8.37. The predicted molar refractivity (Wildman–Crippen MR) is 217 cm³/mol. The maximum absolute atomic E-state index is 12.6. The molecule has 0 aliphatic rings. The lowest BCUT2D eigenvalue weighted by atomic mass is 10.1. The molecule has 0 amide bonds. The van der Waals surface area contributed by atoms with Crippen LogP contribution in [-0.4, -0.2) is 75.5 Å². The summed E-state index contributed by atoms with van der Waals surface area (Å²) in [4.78, 5) is 36.7. The van der Waals surface area contributed by atoms with Crippen molar-refractivity contribution < 1.29 is 38.2 Å². The minimum Gasteiger partial charge on any atom is -0.544 e. The number of likely N-dealkylation sites (N-methyl/N-ethyl adjacent to an activating group) is 1. The summed E-state index contributed by atoms with van der Waals surface area (Å²) >= 11 is 0. The van der Waals surface area contributed by atoms with Crippen molar-refractivity contribution in [2.24, 2.45) is 0 Å². The molecule has 53 heavy (non-hydrogen) atoms. The number of carboxylic acid groups (broad SMARTS) is 1.